The van der Waals surface area contributed by atoms with E-state index < -0.39 is 0 Å². The van der Waals surface area contributed by atoms with Crippen molar-refractivity contribution in [3.63, 3.8) is 0 Å². The molecule has 20 heavy (non-hydrogen) atoms. The molecule has 2 rings (SSSR count). The third kappa shape index (κ3) is 4.43. The molecular weight excluding hydrogens is 248 g/mol. The summed E-state index contributed by atoms with van der Waals surface area (Å²) in [6.45, 7) is 11.2. The van der Waals surface area contributed by atoms with E-state index in [9.17, 15) is 4.79 Å². The number of Topliss-reactive ketones (excluding diaryl/α,β-unsaturated/α-hetero) is 1. The van der Waals surface area contributed by atoms with Crippen LogP contribution in [0.1, 0.15) is 37.2 Å². The lowest BCUT2D eigenvalue weighted by Crippen LogP contribution is -2.50. The molecule has 0 bridgehead atoms. The van der Waals surface area contributed by atoms with Crippen LogP contribution in [0.15, 0.2) is 24.3 Å². The summed E-state index contributed by atoms with van der Waals surface area (Å²) >= 11 is 0. The average Bonchev–Trinajstić information content (AvgIpc) is 2.40. The quantitative estimate of drug-likeness (QED) is 0.790. The summed E-state index contributed by atoms with van der Waals surface area (Å²) in [6.07, 6.45) is 0. The molecule has 0 aromatic heterocycles. The van der Waals surface area contributed by atoms with E-state index in [0.717, 1.165) is 31.7 Å². The average molecular weight is 276 g/mol. The van der Waals surface area contributed by atoms with Crippen LogP contribution >= 0.6 is 0 Å². The maximum atomic E-state index is 12.2. The molecule has 0 spiro atoms. The van der Waals surface area contributed by atoms with Gasteiger partial charge in [0.15, 0.2) is 5.78 Å². The van der Waals surface area contributed by atoms with E-state index >= 15 is 0 Å². The van der Waals surface area contributed by atoms with Crippen molar-refractivity contribution in [3.8, 4) is 0 Å². The van der Waals surface area contributed by atoms with Crippen molar-refractivity contribution in [2.24, 2.45) is 0 Å². The third-order valence-electron chi connectivity index (χ3n) is 3.88. The zero-order valence-corrected chi connectivity index (χ0v) is 12.2. The first kappa shape index (κ1) is 16.9. The number of hydrogen-bond acceptors (Lipinski definition) is 3. The van der Waals surface area contributed by atoms with Crippen molar-refractivity contribution < 1.29 is 4.79 Å². The van der Waals surface area contributed by atoms with Gasteiger partial charge >= 0.3 is 0 Å². The molecule has 1 aromatic rings. The van der Waals surface area contributed by atoms with E-state index in [0.29, 0.717) is 12.6 Å². The van der Waals surface area contributed by atoms with Crippen molar-refractivity contribution in [1.29, 1.82) is 0 Å². The van der Waals surface area contributed by atoms with Crippen LogP contribution in [-0.2, 0) is 0 Å². The van der Waals surface area contributed by atoms with Crippen LogP contribution in [0.25, 0.3) is 0 Å². The Kier molecular flexibility index (Phi) is 6.37. The summed E-state index contributed by atoms with van der Waals surface area (Å²) in [6, 6.07) is 8.48. The third-order valence-corrected chi connectivity index (χ3v) is 3.88. The highest BCUT2D eigenvalue weighted by Crippen LogP contribution is 2.09. The molecule has 0 N–H and O–H groups in total. The van der Waals surface area contributed by atoms with Gasteiger partial charge in [0.25, 0.3) is 0 Å². The van der Waals surface area contributed by atoms with E-state index in [4.69, 9.17) is 0 Å². The van der Waals surface area contributed by atoms with E-state index in [2.05, 4.69) is 23.6 Å². The Balaban J connectivity index is 0.00000200. The molecule has 0 amide bonds. The number of ketones is 1. The van der Waals surface area contributed by atoms with Gasteiger partial charge in [0.05, 0.1) is 6.54 Å². The van der Waals surface area contributed by atoms with Crippen LogP contribution in [0.3, 0.4) is 0 Å². The Morgan fingerprint density at radius 1 is 1.10 bits per heavy atom. The number of piperazine rings is 1. The van der Waals surface area contributed by atoms with E-state index in [1.54, 1.807) is 0 Å². The predicted molar refractivity (Wildman–Crippen MR) is 85.4 cm³/mol. The van der Waals surface area contributed by atoms with Crippen molar-refractivity contribution in [1.82, 2.24) is 9.80 Å². The van der Waals surface area contributed by atoms with Gasteiger partial charge in [-0.2, -0.15) is 0 Å². The number of carbonyl (C=O) groups is 1. The Labute approximate surface area is 123 Å². The second-order valence-electron chi connectivity index (χ2n) is 5.70. The first-order valence-corrected chi connectivity index (χ1v) is 7.12. The van der Waals surface area contributed by atoms with Crippen LogP contribution in [0.2, 0.25) is 0 Å². The van der Waals surface area contributed by atoms with Crippen LogP contribution < -0.4 is 0 Å². The summed E-state index contributed by atoms with van der Waals surface area (Å²) in [5.41, 5.74) is 2.03. The lowest BCUT2D eigenvalue weighted by Gasteiger charge is -2.36. The second kappa shape index (κ2) is 7.55. The molecule has 1 aliphatic rings. The lowest BCUT2D eigenvalue weighted by atomic mass is 10.1. The van der Waals surface area contributed by atoms with Gasteiger partial charge in [0.2, 0.25) is 0 Å². The fourth-order valence-corrected chi connectivity index (χ4v) is 2.47. The molecule has 0 saturated carbocycles. The van der Waals surface area contributed by atoms with Crippen LogP contribution in [0, 0.1) is 6.92 Å². The highest BCUT2D eigenvalue weighted by atomic mass is 16.1. The molecule has 3 nitrogen and oxygen atoms in total. The van der Waals surface area contributed by atoms with Gasteiger partial charge in [-0.05, 0) is 20.8 Å². The van der Waals surface area contributed by atoms with Gasteiger partial charge in [-0.1, -0.05) is 37.3 Å². The van der Waals surface area contributed by atoms with Gasteiger partial charge in [0.1, 0.15) is 0 Å². The number of carbonyl (C=O) groups excluding carboxylic acids is 1. The second-order valence-corrected chi connectivity index (χ2v) is 5.70. The highest BCUT2D eigenvalue weighted by Gasteiger charge is 2.20. The molecule has 0 aliphatic carbocycles. The van der Waals surface area contributed by atoms with E-state index in [1.807, 2.05) is 31.2 Å². The summed E-state index contributed by atoms with van der Waals surface area (Å²) in [5.74, 6) is 0.234. The molecule has 0 radical (unpaired) electrons. The number of rotatable bonds is 4. The van der Waals surface area contributed by atoms with Gasteiger partial charge in [0, 0.05) is 37.8 Å². The maximum absolute atomic E-state index is 12.2. The molecule has 1 fully saturated rings. The fourth-order valence-electron chi connectivity index (χ4n) is 2.47. The van der Waals surface area contributed by atoms with Crippen LogP contribution in [0.4, 0.5) is 0 Å². The Morgan fingerprint density at radius 3 is 2.15 bits per heavy atom. The van der Waals surface area contributed by atoms with Gasteiger partial charge in [-0.3, -0.25) is 14.6 Å². The maximum Gasteiger partial charge on any atom is 0.176 e. The monoisotopic (exact) mass is 276 g/mol. The smallest absolute Gasteiger partial charge is 0.176 e. The summed E-state index contributed by atoms with van der Waals surface area (Å²) < 4.78 is 0. The minimum Gasteiger partial charge on any atom is -0.298 e. The molecule has 1 saturated heterocycles. The highest BCUT2D eigenvalue weighted by molar-refractivity contribution is 5.97. The minimum absolute atomic E-state index is 0. The van der Waals surface area contributed by atoms with Gasteiger partial charge in [-0.15, -0.1) is 0 Å². The number of benzene rings is 1. The van der Waals surface area contributed by atoms with Crippen LogP contribution in [0.5, 0.6) is 0 Å². The minimum atomic E-state index is 0. The van der Waals surface area contributed by atoms with Gasteiger partial charge in [-0.25, -0.2) is 0 Å². The van der Waals surface area contributed by atoms with Crippen molar-refractivity contribution in [3.05, 3.63) is 35.4 Å². The molecule has 1 aromatic carbocycles. The number of aryl methyl sites for hydroxylation is 1. The number of nitrogens with zero attached hydrogens (tertiary/aromatic N) is 2. The van der Waals surface area contributed by atoms with Gasteiger partial charge < -0.3 is 0 Å². The largest absolute Gasteiger partial charge is 0.298 e. The van der Waals surface area contributed by atoms with E-state index in [-0.39, 0.29) is 13.2 Å². The zero-order valence-electron chi connectivity index (χ0n) is 12.2. The molecule has 112 valence electrons. The molecule has 1 heterocycles. The first-order chi connectivity index (χ1) is 9.06. The Bertz CT molecular complexity index is 417. The summed E-state index contributed by atoms with van der Waals surface area (Å²) in [5, 5.41) is 0. The summed E-state index contributed by atoms with van der Waals surface area (Å²) in [7, 11) is 0. The topological polar surface area (TPSA) is 23.6 Å². The zero-order chi connectivity index (χ0) is 13.8. The lowest BCUT2D eigenvalue weighted by molar-refractivity contribution is 0.0807. The Morgan fingerprint density at radius 2 is 1.65 bits per heavy atom. The summed E-state index contributed by atoms with van der Waals surface area (Å²) in [4.78, 5) is 16.9. The molecule has 3 heteroatoms. The normalized spacial score (nSPS) is 17.0. The van der Waals surface area contributed by atoms with Crippen molar-refractivity contribution in [2.75, 3.05) is 32.7 Å². The SMILES string of the molecule is C.Cc1ccc(C(=O)CN2CCN(C(C)C)CC2)cc1. The molecular formula is C17H28N2O. The fraction of sp³-hybridized carbons (Fsp3) is 0.588. The van der Waals surface area contributed by atoms with Crippen molar-refractivity contribution in [2.45, 2.75) is 34.2 Å². The molecule has 0 unspecified atom stereocenters. The van der Waals surface area contributed by atoms with Crippen LogP contribution in [-0.4, -0.2) is 54.3 Å². The standard InChI is InChI=1S/C16H24N2O.CH4/c1-13(2)18-10-8-17(9-11-18)12-16(19)15-6-4-14(3)5-7-15;/h4-7,13H,8-12H2,1-3H3;1H4. The van der Waals surface area contributed by atoms with Crippen molar-refractivity contribution >= 4 is 5.78 Å². The Hall–Kier alpha value is -1.19. The molecule has 1 aliphatic heterocycles. The first-order valence-electron chi connectivity index (χ1n) is 7.12. The number of hydrogen-bond donors (Lipinski definition) is 0. The van der Waals surface area contributed by atoms with E-state index in [1.165, 1.54) is 5.56 Å². The predicted octanol–water partition coefficient (Wildman–Crippen LogP) is 2.84. The molecule has 0 atom stereocenters.